The number of amides is 1. The van der Waals surface area contributed by atoms with Crippen LogP contribution in [0, 0.1) is 0 Å². The predicted octanol–water partition coefficient (Wildman–Crippen LogP) is 4.56. The van der Waals surface area contributed by atoms with Crippen molar-refractivity contribution in [3.05, 3.63) is 55.3 Å². The van der Waals surface area contributed by atoms with Crippen LogP contribution in [0.25, 0.3) is 5.65 Å². The van der Waals surface area contributed by atoms with Crippen LogP contribution in [0.3, 0.4) is 0 Å². The van der Waals surface area contributed by atoms with Gasteiger partial charge in [0.05, 0.1) is 41.4 Å². The van der Waals surface area contributed by atoms with E-state index in [-0.39, 0.29) is 23.8 Å². The van der Waals surface area contributed by atoms with Gasteiger partial charge in [0.25, 0.3) is 5.91 Å². The summed E-state index contributed by atoms with van der Waals surface area (Å²) in [4.78, 5) is 21.8. The van der Waals surface area contributed by atoms with E-state index in [0.717, 1.165) is 4.47 Å². The summed E-state index contributed by atoms with van der Waals surface area (Å²) in [6.45, 7) is -0.273. The molecule has 1 amide bonds. The van der Waals surface area contributed by atoms with Crippen molar-refractivity contribution in [3.8, 4) is 0 Å². The fourth-order valence-electron chi connectivity index (χ4n) is 2.29. The highest BCUT2D eigenvalue weighted by Crippen LogP contribution is 2.36. The minimum Gasteiger partial charge on any atom is -0.394 e. The molecule has 0 unspecified atom stereocenters. The fraction of sp³-hybridized carbons (Fsp3) is 0.125. The number of hydroxylamine groups is 1. The zero-order chi connectivity index (χ0) is 19.6. The van der Waals surface area contributed by atoms with Gasteiger partial charge in [-0.25, -0.2) is 10.5 Å². The van der Waals surface area contributed by atoms with E-state index in [0.29, 0.717) is 26.6 Å². The molecule has 0 saturated heterocycles. The lowest BCUT2D eigenvalue weighted by molar-refractivity contribution is 0.0168. The standard InChI is InChI=1S/C16H12Br2Cl2N4O3/c17-8-1-2-11(10(19)5-8)22-14-9(16(26)23-27-4-3-25)7-24-12(18)6-21-15(24)13(14)20/h1-2,5-7,22,25H,3-4H2,(H,23,26). The lowest BCUT2D eigenvalue weighted by atomic mass is 10.2. The molecular formula is C16H12Br2Cl2N4O3. The van der Waals surface area contributed by atoms with Crippen molar-refractivity contribution in [1.29, 1.82) is 0 Å². The van der Waals surface area contributed by atoms with E-state index in [1.165, 1.54) is 0 Å². The number of carbonyl (C=O) groups is 1. The largest absolute Gasteiger partial charge is 0.394 e. The average molecular weight is 539 g/mol. The van der Waals surface area contributed by atoms with Crippen molar-refractivity contribution in [2.75, 3.05) is 18.5 Å². The molecule has 2 heterocycles. The van der Waals surface area contributed by atoms with Crippen LogP contribution in [0.1, 0.15) is 10.4 Å². The third kappa shape index (κ3) is 4.39. The zero-order valence-corrected chi connectivity index (χ0v) is 18.2. The van der Waals surface area contributed by atoms with Gasteiger partial charge in [-0.15, -0.1) is 0 Å². The number of hydrogen-bond donors (Lipinski definition) is 3. The number of carbonyl (C=O) groups excluding carboxylic acids is 1. The number of halogens is 4. The van der Waals surface area contributed by atoms with Gasteiger partial charge in [0.1, 0.15) is 9.63 Å². The Kier molecular flexibility index (Phi) is 6.61. The fourth-order valence-corrected chi connectivity index (χ4v) is 3.67. The minimum atomic E-state index is -0.552. The zero-order valence-electron chi connectivity index (χ0n) is 13.5. The van der Waals surface area contributed by atoms with E-state index < -0.39 is 5.91 Å². The highest BCUT2D eigenvalue weighted by atomic mass is 79.9. The molecule has 0 atom stereocenters. The van der Waals surface area contributed by atoms with Crippen molar-refractivity contribution < 1.29 is 14.7 Å². The van der Waals surface area contributed by atoms with Gasteiger partial charge in [0.2, 0.25) is 0 Å². The van der Waals surface area contributed by atoms with Crippen LogP contribution < -0.4 is 10.8 Å². The van der Waals surface area contributed by atoms with Crippen LogP contribution in [0.15, 0.2) is 39.7 Å². The van der Waals surface area contributed by atoms with Gasteiger partial charge >= 0.3 is 0 Å². The van der Waals surface area contributed by atoms with E-state index in [4.69, 9.17) is 33.1 Å². The SMILES string of the molecule is O=C(NOCCO)c1cn2c(Br)cnc2c(Cl)c1Nc1ccc(Br)cc1Cl. The molecule has 0 saturated carbocycles. The maximum Gasteiger partial charge on any atom is 0.278 e. The molecule has 3 aromatic rings. The van der Waals surface area contributed by atoms with Gasteiger partial charge in [-0.05, 0) is 34.1 Å². The topological polar surface area (TPSA) is 87.9 Å². The Morgan fingerprint density at radius 1 is 1.33 bits per heavy atom. The van der Waals surface area contributed by atoms with Crippen molar-refractivity contribution in [2.24, 2.45) is 0 Å². The van der Waals surface area contributed by atoms with Crippen molar-refractivity contribution in [2.45, 2.75) is 0 Å². The molecule has 11 heteroatoms. The highest BCUT2D eigenvalue weighted by molar-refractivity contribution is 9.10. The number of pyridine rings is 1. The van der Waals surface area contributed by atoms with E-state index in [1.807, 2.05) is 0 Å². The summed E-state index contributed by atoms with van der Waals surface area (Å²) in [5, 5.41) is 12.6. The van der Waals surface area contributed by atoms with Gasteiger partial charge < -0.3 is 10.4 Å². The summed E-state index contributed by atoms with van der Waals surface area (Å²) >= 11 is 19.5. The summed E-state index contributed by atoms with van der Waals surface area (Å²) in [7, 11) is 0. The highest BCUT2D eigenvalue weighted by Gasteiger charge is 2.21. The van der Waals surface area contributed by atoms with Crippen LogP contribution in [-0.4, -0.2) is 33.6 Å². The first-order chi connectivity index (χ1) is 12.9. The Bertz CT molecular complexity index is 1010. The second-order valence-corrected chi connectivity index (χ2v) is 7.77. The molecular weight excluding hydrogens is 527 g/mol. The van der Waals surface area contributed by atoms with Crippen molar-refractivity contribution in [3.63, 3.8) is 0 Å². The first-order valence-electron chi connectivity index (χ1n) is 7.52. The number of rotatable bonds is 6. The lowest BCUT2D eigenvalue weighted by Gasteiger charge is -2.16. The van der Waals surface area contributed by atoms with E-state index in [2.05, 4.69) is 47.6 Å². The van der Waals surface area contributed by atoms with Gasteiger partial charge in [0, 0.05) is 10.7 Å². The number of anilines is 2. The van der Waals surface area contributed by atoms with Gasteiger partial charge in [0.15, 0.2) is 5.65 Å². The Morgan fingerprint density at radius 2 is 2.11 bits per heavy atom. The summed E-state index contributed by atoms with van der Waals surface area (Å²) < 4.78 is 3.06. The van der Waals surface area contributed by atoms with Gasteiger partial charge in [-0.3, -0.25) is 14.0 Å². The first-order valence-corrected chi connectivity index (χ1v) is 9.86. The van der Waals surface area contributed by atoms with Crippen LogP contribution in [0.4, 0.5) is 11.4 Å². The van der Waals surface area contributed by atoms with Crippen LogP contribution >= 0.6 is 55.1 Å². The number of aliphatic hydroxyl groups excluding tert-OH is 1. The monoisotopic (exact) mass is 536 g/mol. The summed E-state index contributed by atoms with van der Waals surface area (Å²) in [5.41, 5.74) is 3.79. The number of nitrogens with zero attached hydrogens (tertiary/aromatic N) is 2. The van der Waals surface area contributed by atoms with Crippen molar-refractivity contribution in [1.82, 2.24) is 14.9 Å². The number of imidazole rings is 1. The average Bonchev–Trinajstić information content (AvgIpc) is 3.00. The number of hydrogen-bond acceptors (Lipinski definition) is 5. The third-order valence-corrected chi connectivity index (χ3v) is 5.24. The van der Waals surface area contributed by atoms with Crippen LogP contribution in [0.2, 0.25) is 10.0 Å². The number of aromatic nitrogens is 2. The molecule has 3 rings (SSSR count). The molecule has 0 aliphatic carbocycles. The molecule has 0 aliphatic rings. The maximum atomic E-state index is 12.6. The minimum absolute atomic E-state index is 0.0439. The maximum absolute atomic E-state index is 12.6. The molecule has 0 fully saturated rings. The van der Waals surface area contributed by atoms with Gasteiger partial charge in [-0.1, -0.05) is 39.1 Å². The molecule has 27 heavy (non-hydrogen) atoms. The lowest BCUT2D eigenvalue weighted by Crippen LogP contribution is -2.26. The molecule has 1 aromatic carbocycles. The van der Waals surface area contributed by atoms with E-state index in [1.54, 1.807) is 35.0 Å². The Hall–Kier alpha value is -1.36. The Balaban J connectivity index is 2.09. The number of aliphatic hydroxyl groups is 1. The molecule has 0 aliphatic heterocycles. The van der Waals surface area contributed by atoms with Gasteiger partial charge in [-0.2, -0.15) is 0 Å². The first kappa shape index (κ1) is 20.4. The number of fused-ring (bicyclic) bond motifs is 1. The summed E-state index contributed by atoms with van der Waals surface area (Å²) in [5.74, 6) is -0.552. The Morgan fingerprint density at radius 3 is 2.81 bits per heavy atom. The molecule has 0 bridgehead atoms. The summed E-state index contributed by atoms with van der Waals surface area (Å²) in [6, 6.07) is 5.27. The Labute approximate surface area is 180 Å². The van der Waals surface area contributed by atoms with Crippen LogP contribution in [-0.2, 0) is 4.84 Å². The van der Waals surface area contributed by atoms with Crippen LogP contribution in [0.5, 0.6) is 0 Å². The van der Waals surface area contributed by atoms with Crippen molar-refractivity contribution >= 4 is 78.0 Å². The molecule has 2 aromatic heterocycles. The molecule has 3 N–H and O–H groups in total. The predicted molar refractivity (Wildman–Crippen MR) is 111 cm³/mol. The quantitative estimate of drug-likeness (QED) is 0.316. The van der Waals surface area contributed by atoms with E-state index in [9.17, 15) is 4.79 Å². The molecule has 0 radical (unpaired) electrons. The molecule has 142 valence electrons. The summed E-state index contributed by atoms with van der Waals surface area (Å²) in [6.07, 6.45) is 3.13. The second-order valence-electron chi connectivity index (χ2n) is 5.26. The number of nitrogens with one attached hydrogen (secondary N) is 2. The number of benzene rings is 1. The molecule has 0 spiro atoms. The molecule has 7 nitrogen and oxygen atoms in total. The smallest absolute Gasteiger partial charge is 0.278 e. The normalized spacial score (nSPS) is 11.0. The van der Waals surface area contributed by atoms with E-state index >= 15 is 0 Å². The second kappa shape index (κ2) is 8.76. The third-order valence-electron chi connectivity index (χ3n) is 3.49.